The van der Waals surface area contributed by atoms with E-state index in [4.69, 9.17) is 5.11 Å². The number of carbonyl (C=O) groups is 3. The van der Waals surface area contributed by atoms with Crippen molar-refractivity contribution in [3.8, 4) is 0 Å². The SMILES string of the molecule is CC(C)CC(NC(=O)CSCC(=O)c1ccccc1)C(=O)O. The lowest BCUT2D eigenvalue weighted by Gasteiger charge is -2.16. The average Bonchev–Trinajstić information content (AvgIpc) is 2.46. The van der Waals surface area contributed by atoms with Crippen LogP contribution < -0.4 is 5.32 Å². The summed E-state index contributed by atoms with van der Waals surface area (Å²) in [6.45, 7) is 3.80. The predicted octanol–water partition coefficient (Wildman–Crippen LogP) is 2.22. The summed E-state index contributed by atoms with van der Waals surface area (Å²) in [4.78, 5) is 34.7. The molecule has 1 rings (SSSR count). The van der Waals surface area contributed by atoms with Gasteiger partial charge in [0.25, 0.3) is 0 Å². The van der Waals surface area contributed by atoms with Gasteiger partial charge in [-0.1, -0.05) is 44.2 Å². The van der Waals surface area contributed by atoms with E-state index in [0.717, 1.165) is 0 Å². The summed E-state index contributed by atoms with van der Waals surface area (Å²) in [7, 11) is 0. The summed E-state index contributed by atoms with van der Waals surface area (Å²) in [5, 5.41) is 11.5. The Kier molecular flexibility index (Phi) is 7.66. The van der Waals surface area contributed by atoms with Gasteiger partial charge in [0.15, 0.2) is 5.78 Å². The highest BCUT2D eigenvalue weighted by atomic mass is 32.2. The number of thioether (sulfide) groups is 1. The molecule has 0 bridgehead atoms. The molecule has 0 spiro atoms. The fourth-order valence-corrected chi connectivity index (χ4v) is 2.60. The molecule has 1 unspecified atom stereocenters. The van der Waals surface area contributed by atoms with Crippen LogP contribution >= 0.6 is 11.8 Å². The van der Waals surface area contributed by atoms with Crippen molar-refractivity contribution in [3.63, 3.8) is 0 Å². The van der Waals surface area contributed by atoms with Crippen LogP contribution in [0, 0.1) is 5.92 Å². The summed E-state index contributed by atoms with van der Waals surface area (Å²) in [5.74, 6) is -1.00. The zero-order valence-electron chi connectivity index (χ0n) is 12.7. The van der Waals surface area contributed by atoms with Crippen LogP contribution in [0.5, 0.6) is 0 Å². The minimum absolute atomic E-state index is 0.0460. The highest BCUT2D eigenvalue weighted by molar-refractivity contribution is 8.00. The van der Waals surface area contributed by atoms with Gasteiger partial charge >= 0.3 is 5.97 Å². The molecule has 1 aromatic carbocycles. The number of rotatable bonds is 9. The molecule has 0 aliphatic carbocycles. The van der Waals surface area contributed by atoms with Gasteiger partial charge in [-0.25, -0.2) is 4.79 Å². The van der Waals surface area contributed by atoms with Crippen LogP contribution in [0.15, 0.2) is 30.3 Å². The average molecular weight is 323 g/mol. The Hall–Kier alpha value is -1.82. The van der Waals surface area contributed by atoms with Gasteiger partial charge in [-0.2, -0.15) is 0 Å². The van der Waals surface area contributed by atoms with Gasteiger partial charge < -0.3 is 10.4 Å². The predicted molar refractivity (Wildman–Crippen MR) is 87.1 cm³/mol. The molecule has 0 aromatic heterocycles. The number of nitrogens with one attached hydrogen (secondary N) is 1. The molecule has 5 nitrogen and oxygen atoms in total. The number of carboxylic acids is 1. The molecule has 22 heavy (non-hydrogen) atoms. The maximum Gasteiger partial charge on any atom is 0.326 e. The number of ketones is 1. The third-order valence-corrected chi connectivity index (χ3v) is 3.84. The zero-order chi connectivity index (χ0) is 16.5. The second-order valence-electron chi connectivity index (χ2n) is 5.37. The maximum absolute atomic E-state index is 11.9. The number of hydrogen-bond donors (Lipinski definition) is 2. The molecule has 0 radical (unpaired) electrons. The first-order chi connectivity index (χ1) is 10.4. The van der Waals surface area contributed by atoms with Gasteiger partial charge in [-0.05, 0) is 12.3 Å². The topological polar surface area (TPSA) is 83.5 Å². The number of Topliss-reactive ketones (excluding diaryl/α,β-unsaturated/α-hetero) is 1. The normalized spacial score (nSPS) is 12.0. The van der Waals surface area contributed by atoms with E-state index < -0.39 is 12.0 Å². The monoisotopic (exact) mass is 323 g/mol. The Morgan fingerprint density at radius 3 is 2.32 bits per heavy atom. The van der Waals surface area contributed by atoms with E-state index in [2.05, 4.69) is 5.32 Å². The Bertz CT molecular complexity index is 516. The fraction of sp³-hybridized carbons (Fsp3) is 0.438. The third kappa shape index (κ3) is 6.76. The van der Waals surface area contributed by atoms with Gasteiger partial charge in [0, 0.05) is 5.56 Å². The van der Waals surface area contributed by atoms with Gasteiger partial charge in [0.1, 0.15) is 6.04 Å². The van der Waals surface area contributed by atoms with Gasteiger partial charge in [-0.15, -0.1) is 11.8 Å². The molecular formula is C16H21NO4S. The van der Waals surface area contributed by atoms with Crippen LogP contribution in [0.1, 0.15) is 30.6 Å². The number of benzene rings is 1. The van der Waals surface area contributed by atoms with Crippen molar-refractivity contribution in [2.45, 2.75) is 26.3 Å². The molecule has 1 atom stereocenters. The highest BCUT2D eigenvalue weighted by Gasteiger charge is 2.21. The first-order valence-electron chi connectivity index (χ1n) is 7.08. The van der Waals surface area contributed by atoms with Crippen LogP contribution in [0.4, 0.5) is 0 Å². The molecule has 0 heterocycles. The maximum atomic E-state index is 11.9. The molecule has 0 aliphatic rings. The fourth-order valence-electron chi connectivity index (χ4n) is 1.87. The first kappa shape index (κ1) is 18.2. The Labute approximate surface area is 134 Å². The van der Waals surface area contributed by atoms with Crippen molar-refractivity contribution in [1.82, 2.24) is 5.32 Å². The molecule has 1 aromatic rings. The van der Waals surface area contributed by atoms with E-state index in [9.17, 15) is 14.4 Å². The van der Waals surface area contributed by atoms with Crippen molar-refractivity contribution < 1.29 is 19.5 Å². The second kappa shape index (κ2) is 9.25. The molecule has 1 amide bonds. The van der Waals surface area contributed by atoms with Gasteiger partial charge in [0.2, 0.25) is 5.91 Å². The van der Waals surface area contributed by atoms with Crippen molar-refractivity contribution in [1.29, 1.82) is 0 Å². The minimum Gasteiger partial charge on any atom is -0.480 e. The Morgan fingerprint density at radius 2 is 1.77 bits per heavy atom. The number of amides is 1. The Morgan fingerprint density at radius 1 is 1.14 bits per heavy atom. The quantitative estimate of drug-likeness (QED) is 0.681. The lowest BCUT2D eigenvalue weighted by Crippen LogP contribution is -2.42. The summed E-state index contributed by atoms with van der Waals surface area (Å²) < 4.78 is 0. The molecule has 6 heteroatoms. The lowest BCUT2D eigenvalue weighted by molar-refractivity contribution is -0.141. The van der Waals surface area contributed by atoms with Crippen molar-refractivity contribution in [2.24, 2.45) is 5.92 Å². The molecule has 0 fully saturated rings. The zero-order valence-corrected chi connectivity index (χ0v) is 13.6. The third-order valence-electron chi connectivity index (χ3n) is 2.90. The summed E-state index contributed by atoms with van der Waals surface area (Å²) in [6, 6.07) is 7.98. The number of hydrogen-bond acceptors (Lipinski definition) is 4. The van der Waals surface area contributed by atoms with Crippen LogP contribution in [0.25, 0.3) is 0 Å². The largest absolute Gasteiger partial charge is 0.480 e. The first-order valence-corrected chi connectivity index (χ1v) is 8.23. The van der Waals surface area contributed by atoms with Gasteiger partial charge in [-0.3, -0.25) is 9.59 Å². The summed E-state index contributed by atoms with van der Waals surface area (Å²) in [6.07, 6.45) is 0.384. The van der Waals surface area contributed by atoms with Crippen LogP contribution in [0.3, 0.4) is 0 Å². The highest BCUT2D eigenvalue weighted by Crippen LogP contribution is 2.08. The van der Waals surface area contributed by atoms with E-state index in [0.29, 0.717) is 12.0 Å². The molecular weight excluding hydrogens is 302 g/mol. The smallest absolute Gasteiger partial charge is 0.326 e. The van der Waals surface area contributed by atoms with Crippen molar-refractivity contribution >= 4 is 29.4 Å². The van der Waals surface area contributed by atoms with Crippen molar-refractivity contribution in [2.75, 3.05) is 11.5 Å². The summed E-state index contributed by atoms with van der Waals surface area (Å²) >= 11 is 1.18. The molecule has 2 N–H and O–H groups in total. The number of carbonyl (C=O) groups excluding carboxylic acids is 2. The molecule has 0 aliphatic heterocycles. The van der Waals surface area contributed by atoms with E-state index in [1.807, 2.05) is 19.9 Å². The molecule has 0 saturated carbocycles. The standard InChI is InChI=1S/C16H21NO4S/c1-11(2)8-13(16(20)21)17-15(19)10-22-9-14(18)12-6-4-3-5-7-12/h3-7,11,13H,8-10H2,1-2H3,(H,17,19)(H,20,21). The number of aliphatic carboxylic acids is 1. The van der Waals surface area contributed by atoms with Crippen LogP contribution in [-0.4, -0.2) is 40.3 Å². The second-order valence-corrected chi connectivity index (χ2v) is 6.36. The van der Waals surface area contributed by atoms with Crippen LogP contribution in [0.2, 0.25) is 0 Å². The lowest BCUT2D eigenvalue weighted by atomic mass is 10.0. The van der Waals surface area contributed by atoms with E-state index >= 15 is 0 Å². The van der Waals surface area contributed by atoms with Crippen LogP contribution in [-0.2, 0) is 9.59 Å². The molecule has 0 saturated heterocycles. The van der Waals surface area contributed by atoms with E-state index in [-0.39, 0.29) is 29.1 Å². The van der Waals surface area contributed by atoms with Gasteiger partial charge in [0.05, 0.1) is 11.5 Å². The number of carboxylic acid groups (broad SMARTS) is 1. The Balaban J connectivity index is 2.36. The minimum atomic E-state index is -1.03. The van der Waals surface area contributed by atoms with Crippen molar-refractivity contribution in [3.05, 3.63) is 35.9 Å². The van der Waals surface area contributed by atoms with E-state index in [1.165, 1.54) is 11.8 Å². The van der Waals surface area contributed by atoms with E-state index in [1.54, 1.807) is 24.3 Å². The molecule has 120 valence electrons. The summed E-state index contributed by atoms with van der Waals surface area (Å²) in [5.41, 5.74) is 0.610.